The first-order valence-corrected chi connectivity index (χ1v) is 7.87. The Morgan fingerprint density at radius 3 is 3.14 bits per heavy atom. The van der Waals surface area contributed by atoms with Crippen LogP contribution in [-0.2, 0) is 11.8 Å². The molecule has 6 nitrogen and oxygen atoms in total. The van der Waals surface area contributed by atoms with Crippen molar-refractivity contribution in [2.45, 2.75) is 38.3 Å². The van der Waals surface area contributed by atoms with Crippen molar-refractivity contribution in [3.8, 4) is 0 Å². The number of hydrogen-bond acceptors (Lipinski definition) is 4. The minimum absolute atomic E-state index is 0.0675. The predicted molar refractivity (Wildman–Crippen MR) is 81.7 cm³/mol. The number of aromatic nitrogens is 3. The standard InChI is InChI=1S/C16H20N4O2/c1-10-12-8-11(9-17-15(12)19(2)18-10)16(21)20-6-7-22-14-5-3-4-13(14)20/h8-9,13-14H,3-7H2,1-2H3/t13-,14-/m1/s1. The van der Waals surface area contributed by atoms with E-state index in [1.54, 1.807) is 10.9 Å². The Morgan fingerprint density at radius 1 is 1.41 bits per heavy atom. The van der Waals surface area contributed by atoms with Gasteiger partial charge >= 0.3 is 0 Å². The quantitative estimate of drug-likeness (QED) is 0.804. The Kier molecular flexibility index (Phi) is 3.14. The molecule has 2 aromatic heterocycles. The molecule has 0 bridgehead atoms. The second-order valence-corrected chi connectivity index (χ2v) is 6.21. The van der Waals surface area contributed by atoms with Crippen LogP contribution in [0.1, 0.15) is 35.3 Å². The fraction of sp³-hybridized carbons (Fsp3) is 0.562. The number of fused-ring (bicyclic) bond motifs is 2. The van der Waals surface area contributed by atoms with Gasteiger partial charge in [-0.1, -0.05) is 0 Å². The molecule has 1 aliphatic heterocycles. The summed E-state index contributed by atoms with van der Waals surface area (Å²) in [6, 6.07) is 2.15. The van der Waals surface area contributed by atoms with Gasteiger partial charge in [0, 0.05) is 25.2 Å². The van der Waals surface area contributed by atoms with Gasteiger partial charge in [-0.05, 0) is 32.3 Å². The molecule has 2 aliphatic rings. The number of morpholine rings is 1. The lowest BCUT2D eigenvalue weighted by Crippen LogP contribution is -2.51. The van der Waals surface area contributed by atoms with Gasteiger partial charge in [0.1, 0.15) is 0 Å². The number of nitrogens with zero attached hydrogens (tertiary/aromatic N) is 4. The monoisotopic (exact) mass is 300 g/mol. The first kappa shape index (κ1) is 13.7. The van der Waals surface area contributed by atoms with Crippen LogP contribution in [-0.4, -0.2) is 50.9 Å². The molecule has 0 spiro atoms. The van der Waals surface area contributed by atoms with Crippen LogP contribution >= 0.6 is 0 Å². The van der Waals surface area contributed by atoms with Gasteiger partial charge in [-0.3, -0.25) is 9.48 Å². The fourth-order valence-corrected chi connectivity index (χ4v) is 3.77. The molecule has 0 N–H and O–H groups in total. The number of aryl methyl sites for hydroxylation is 2. The van der Waals surface area contributed by atoms with E-state index >= 15 is 0 Å². The van der Waals surface area contributed by atoms with Crippen molar-refractivity contribution in [1.82, 2.24) is 19.7 Å². The summed E-state index contributed by atoms with van der Waals surface area (Å²) >= 11 is 0. The van der Waals surface area contributed by atoms with Crippen LogP contribution < -0.4 is 0 Å². The van der Waals surface area contributed by atoms with Gasteiger partial charge in [-0.25, -0.2) is 4.98 Å². The molecule has 0 radical (unpaired) electrons. The third-order valence-electron chi connectivity index (χ3n) is 4.85. The van der Waals surface area contributed by atoms with Crippen molar-refractivity contribution in [1.29, 1.82) is 0 Å². The van der Waals surface area contributed by atoms with Gasteiger partial charge in [0.05, 0.1) is 30.0 Å². The molecule has 0 unspecified atom stereocenters. The normalized spacial score (nSPS) is 24.7. The highest BCUT2D eigenvalue weighted by Gasteiger charge is 2.38. The van der Waals surface area contributed by atoms with Crippen LogP contribution in [0.4, 0.5) is 0 Å². The lowest BCUT2D eigenvalue weighted by molar-refractivity contribution is -0.0445. The van der Waals surface area contributed by atoms with E-state index in [0.717, 1.165) is 36.0 Å². The predicted octanol–water partition coefficient (Wildman–Crippen LogP) is 1.67. The lowest BCUT2D eigenvalue weighted by atomic mass is 10.1. The Bertz CT molecular complexity index is 739. The molecule has 2 fully saturated rings. The molecule has 1 saturated heterocycles. The van der Waals surface area contributed by atoms with Crippen molar-refractivity contribution < 1.29 is 9.53 Å². The van der Waals surface area contributed by atoms with Crippen molar-refractivity contribution in [2.75, 3.05) is 13.2 Å². The lowest BCUT2D eigenvalue weighted by Gasteiger charge is -2.37. The molecule has 116 valence electrons. The molecule has 2 atom stereocenters. The van der Waals surface area contributed by atoms with Crippen LogP contribution in [0.2, 0.25) is 0 Å². The van der Waals surface area contributed by atoms with Gasteiger partial charge in [0.15, 0.2) is 5.65 Å². The topological polar surface area (TPSA) is 60.2 Å². The van der Waals surface area contributed by atoms with E-state index in [0.29, 0.717) is 18.7 Å². The zero-order valence-corrected chi connectivity index (χ0v) is 13.0. The molecule has 4 rings (SSSR count). The molecule has 1 amide bonds. The van der Waals surface area contributed by atoms with Crippen LogP contribution in [0.25, 0.3) is 11.0 Å². The number of hydrogen-bond donors (Lipinski definition) is 0. The highest BCUT2D eigenvalue weighted by molar-refractivity contribution is 5.97. The van der Waals surface area contributed by atoms with Crippen molar-refractivity contribution in [3.05, 3.63) is 23.5 Å². The van der Waals surface area contributed by atoms with Crippen LogP contribution in [0.3, 0.4) is 0 Å². The molecule has 6 heteroatoms. The first-order chi connectivity index (χ1) is 10.6. The number of carbonyl (C=O) groups excluding carboxylic acids is 1. The maximum Gasteiger partial charge on any atom is 0.255 e. The Hall–Kier alpha value is -1.95. The van der Waals surface area contributed by atoms with E-state index in [2.05, 4.69) is 10.1 Å². The van der Waals surface area contributed by atoms with E-state index in [1.807, 2.05) is 24.9 Å². The van der Waals surface area contributed by atoms with Crippen molar-refractivity contribution >= 4 is 16.9 Å². The minimum atomic E-state index is 0.0675. The molecule has 22 heavy (non-hydrogen) atoms. The van der Waals surface area contributed by atoms with E-state index in [-0.39, 0.29) is 18.1 Å². The summed E-state index contributed by atoms with van der Waals surface area (Å²) in [6.07, 6.45) is 5.13. The van der Waals surface area contributed by atoms with Gasteiger partial charge in [0.2, 0.25) is 0 Å². The van der Waals surface area contributed by atoms with Crippen LogP contribution in [0.5, 0.6) is 0 Å². The maximum absolute atomic E-state index is 12.9. The van der Waals surface area contributed by atoms with E-state index in [4.69, 9.17) is 4.74 Å². The second-order valence-electron chi connectivity index (χ2n) is 6.21. The second kappa shape index (κ2) is 5.05. The SMILES string of the molecule is Cc1nn(C)c2ncc(C(=O)N3CCO[C@@H]4CCC[C@H]43)cc12. The molecule has 2 aromatic rings. The smallest absolute Gasteiger partial charge is 0.255 e. The minimum Gasteiger partial charge on any atom is -0.374 e. The highest BCUT2D eigenvalue weighted by Crippen LogP contribution is 2.31. The number of amides is 1. The Labute approximate surface area is 129 Å². The summed E-state index contributed by atoms with van der Waals surface area (Å²) in [4.78, 5) is 19.3. The summed E-state index contributed by atoms with van der Waals surface area (Å²) in [5.74, 6) is 0.0675. The third kappa shape index (κ3) is 2.01. The van der Waals surface area contributed by atoms with Crippen molar-refractivity contribution in [2.24, 2.45) is 7.05 Å². The average Bonchev–Trinajstić information content (AvgIpc) is 3.11. The number of rotatable bonds is 1. The Balaban J connectivity index is 1.68. The Morgan fingerprint density at radius 2 is 2.27 bits per heavy atom. The van der Waals surface area contributed by atoms with Gasteiger partial charge < -0.3 is 9.64 Å². The molecular weight excluding hydrogens is 280 g/mol. The molecular formula is C16H20N4O2. The largest absolute Gasteiger partial charge is 0.374 e. The molecule has 1 aliphatic carbocycles. The molecule has 1 saturated carbocycles. The molecule has 3 heterocycles. The molecule has 0 aromatic carbocycles. The summed E-state index contributed by atoms with van der Waals surface area (Å²) in [5, 5.41) is 5.31. The summed E-state index contributed by atoms with van der Waals surface area (Å²) < 4.78 is 7.54. The van der Waals surface area contributed by atoms with Gasteiger partial charge in [0.25, 0.3) is 5.91 Å². The highest BCUT2D eigenvalue weighted by atomic mass is 16.5. The average molecular weight is 300 g/mol. The summed E-state index contributed by atoms with van der Waals surface area (Å²) in [6.45, 7) is 3.25. The summed E-state index contributed by atoms with van der Waals surface area (Å²) in [5.41, 5.74) is 2.37. The number of carbonyl (C=O) groups is 1. The zero-order valence-electron chi connectivity index (χ0n) is 13.0. The number of pyridine rings is 1. The van der Waals surface area contributed by atoms with Crippen molar-refractivity contribution in [3.63, 3.8) is 0 Å². The van der Waals surface area contributed by atoms with E-state index in [9.17, 15) is 4.79 Å². The van der Waals surface area contributed by atoms with Gasteiger partial charge in [-0.2, -0.15) is 5.10 Å². The van der Waals surface area contributed by atoms with E-state index < -0.39 is 0 Å². The van der Waals surface area contributed by atoms with Crippen LogP contribution in [0.15, 0.2) is 12.3 Å². The van der Waals surface area contributed by atoms with Gasteiger partial charge in [-0.15, -0.1) is 0 Å². The number of ether oxygens (including phenoxy) is 1. The van der Waals surface area contributed by atoms with E-state index in [1.165, 1.54) is 0 Å². The fourth-order valence-electron chi connectivity index (χ4n) is 3.77. The maximum atomic E-state index is 12.9. The summed E-state index contributed by atoms with van der Waals surface area (Å²) in [7, 11) is 1.87. The first-order valence-electron chi connectivity index (χ1n) is 7.87. The zero-order chi connectivity index (χ0) is 15.3. The van der Waals surface area contributed by atoms with Crippen LogP contribution in [0, 0.1) is 6.92 Å². The third-order valence-corrected chi connectivity index (χ3v) is 4.85.